The Morgan fingerprint density at radius 3 is 2.30 bits per heavy atom. The number of rotatable bonds is 6. The molecule has 2 aliphatic heterocycles. The highest BCUT2D eigenvalue weighted by atomic mass is 19.1. The fourth-order valence-electron chi connectivity index (χ4n) is 5.17. The molecule has 1 atom stereocenters. The van der Waals surface area contributed by atoms with Crippen LogP contribution < -0.4 is 0 Å². The lowest BCUT2D eigenvalue weighted by Crippen LogP contribution is -2.53. The van der Waals surface area contributed by atoms with Crippen molar-refractivity contribution in [3.05, 3.63) is 77.4 Å². The third-order valence-corrected chi connectivity index (χ3v) is 7.08. The van der Waals surface area contributed by atoms with E-state index in [4.69, 9.17) is 0 Å². The average molecular weight is 450 g/mol. The minimum absolute atomic E-state index is 0.107. The Labute approximate surface area is 194 Å². The maximum Gasteiger partial charge on any atom is 0.173 e. The van der Waals surface area contributed by atoms with Crippen molar-refractivity contribution in [3.8, 4) is 0 Å². The quantitative estimate of drug-likeness (QED) is 0.577. The van der Waals surface area contributed by atoms with Crippen molar-refractivity contribution in [2.24, 2.45) is 0 Å². The zero-order valence-corrected chi connectivity index (χ0v) is 19.2. The summed E-state index contributed by atoms with van der Waals surface area (Å²) in [5.41, 5.74) is 2.17. The molecule has 1 unspecified atom stereocenters. The zero-order valence-electron chi connectivity index (χ0n) is 19.2. The van der Waals surface area contributed by atoms with Crippen LogP contribution >= 0.6 is 0 Å². The lowest BCUT2D eigenvalue weighted by Gasteiger charge is -2.44. The zero-order chi connectivity index (χ0) is 22.6. The smallest absolute Gasteiger partial charge is 0.173 e. The Morgan fingerprint density at radius 1 is 0.909 bits per heavy atom. The van der Waals surface area contributed by atoms with Gasteiger partial charge in [0.25, 0.3) is 0 Å². The van der Waals surface area contributed by atoms with Gasteiger partial charge < -0.3 is 4.90 Å². The van der Waals surface area contributed by atoms with Crippen LogP contribution in [-0.2, 0) is 6.54 Å². The summed E-state index contributed by atoms with van der Waals surface area (Å²) in [6.07, 6.45) is 2.49. The Balaban J connectivity index is 1.37. The predicted octanol–water partition coefficient (Wildman–Crippen LogP) is 2.66. The number of aromatic nitrogens is 4. The molecule has 7 nitrogen and oxygen atoms in total. The first-order chi connectivity index (χ1) is 16.2. The van der Waals surface area contributed by atoms with E-state index in [0.717, 1.165) is 43.1 Å². The van der Waals surface area contributed by atoms with Gasteiger partial charge in [0.05, 0.1) is 12.6 Å². The number of halogens is 1. The standard InChI is InChI=1S/C25H32FN7/c1-30-13-11-23(12-14-30)31-15-17-32(18-16-31)24(21-7-9-22(26)10-8-21)25-27-28-29-33(25)19-20-5-3-2-4-6-20/h2-10,23-24H,11-19H2,1H3. The molecule has 0 amide bonds. The van der Waals surface area contributed by atoms with Crippen LogP contribution in [0.4, 0.5) is 4.39 Å². The van der Waals surface area contributed by atoms with Gasteiger partial charge >= 0.3 is 0 Å². The van der Waals surface area contributed by atoms with E-state index < -0.39 is 0 Å². The van der Waals surface area contributed by atoms with Crippen molar-refractivity contribution in [2.45, 2.75) is 31.5 Å². The lowest BCUT2D eigenvalue weighted by molar-refractivity contribution is 0.0510. The molecule has 0 saturated carbocycles. The van der Waals surface area contributed by atoms with Crippen LogP contribution in [0, 0.1) is 5.82 Å². The van der Waals surface area contributed by atoms with Gasteiger partial charge in [0, 0.05) is 32.2 Å². The minimum atomic E-state index is -0.228. The molecule has 2 aromatic carbocycles. The van der Waals surface area contributed by atoms with Crippen molar-refractivity contribution in [1.82, 2.24) is 34.9 Å². The highest BCUT2D eigenvalue weighted by molar-refractivity contribution is 5.26. The van der Waals surface area contributed by atoms with E-state index in [9.17, 15) is 4.39 Å². The summed E-state index contributed by atoms with van der Waals surface area (Å²) >= 11 is 0. The molecule has 0 spiro atoms. The van der Waals surface area contributed by atoms with E-state index in [1.54, 1.807) is 0 Å². The largest absolute Gasteiger partial charge is 0.306 e. The van der Waals surface area contributed by atoms with Crippen LogP contribution in [0.2, 0.25) is 0 Å². The topological polar surface area (TPSA) is 53.3 Å². The maximum atomic E-state index is 13.7. The van der Waals surface area contributed by atoms with E-state index in [0.29, 0.717) is 12.6 Å². The molecule has 2 aliphatic rings. The number of hydrogen-bond acceptors (Lipinski definition) is 6. The van der Waals surface area contributed by atoms with Gasteiger partial charge in [-0.25, -0.2) is 9.07 Å². The number of likely N-dealkylation sites (tertiary alicyclic amines) is 1. The van der Waals surface area contributed by atoms with Gasteiger partial charge in [-0.3, -0.25) is 9.80 Å². The fourth-order valence-corrected chi connectivity index (χ4v) is 5.17. The van der Waals surface area contributed by atoms with Gasteiger partial charge in [-0.2, -0.15) is 0 Å². The molecule has 2 fully saturated rings. The maximum absolute atomic E-state index is 13.7. The second kappa shape index (κ2) is 10.1. The van der Waals surface area contributed by atoms with Crippen LogP contribution in [0.5, 0.6) is 0 Å². The second-order valence-corrected chi connectivity index (χ2v) is 9.24. The van der Waals surface area contributed by atoms with E-state index >= 15 is 0 Å². The molecule has 3 aromatic rings. The summed E-state index contributed by atoms with van der Waals surface area (Å²) in [5, 5.41) is 12.8. The summed E-state index contributed by atoms with van der Waals surface area (Å²) in [5.74, 6) is 0.576. The number of tetrazole rings is 1. The molecule has 174 valence electrons. The molecule has 0 radical (unpaired) electrons. The molecular formula is C25H32FN7. The molecule has 0 aliphatic carbocycles. The first kappa shape index (κ1) is 22.1. The van der Waals surface area contributed by atoms with Crippen molar-refractivity contribution >= 4 is 0 Å². The summed E-state index contributed by atoms with van der Waals surface area (Å²) < 4.78 is 15.6. The first-order valence-electron chi connectivity index (χ1n) is 11.9. The van der Waals surface area contributed by atoms with Gasteiger partial charge in [0.1, 0.15) is 5.82 Å². The monoisotopic (exact) mass is 449 g/mol. The molecular weight excluding hydrogens is 417 g/mol. The molecule has 0 N–H and O–H groups in total. The van der Waals surface area contributed by atoms with E-state index in [2.05, 4.69) is 49.4 Å². The first-order valence-corrected chi connectivity index (χ1v) is 11.9. The van der Waals surface area contributed by atoms with Gasteiger partial charge in [-0.1, -0.05) is 42.5 Å². The highest BCUT2D eigenvalue weighted by Crippen LogP contribution is 2.29. The van der Waals surface area contributed by atoms with E-state index in [-0.39, 0.29) is 11.9 Å². The number of nitrogens with zero attached hydrogens (tertiary/aromatic N) is 7. The molecule has 1 aromatic heterocycles. The Hall–Kier alpha value is -2.68. The number of piperidine rings is 1. The van der Waals surface area contributed by atoms with Crippen LogP contribution in [0.25, 0.3) is 0 Å². The van der Waals surface area contributed by atoms with Crippen LogP contribution in [-0.4, -0.2) is 87.3 Å². The second-order valence-electron chi connectivity index (χ2n) is 9.24. The molecule has 8 heteroatoms. The van der Waals surface area contributed by atoms with Crippen LogP contribution in [0.15, 0.2) is 54.6 Å². The summed E-state index contributed by atoms with van der Waals surface area (Å²) in [4.78, 5) is 7.52. The van der Waals surface area contributed by atoms with Gasteiger partial charge in [0.15, 0.2) is 5.82 Å². The Bertz CT molecular complexity index is 1010. The predicted molar refractivity (Wildman–Crippen MR) is 125 cm³/mol. The van der Waals surface area contributed by atoms with Crippen molar-refractivity contribution in [3.63, 3.8) is 0 Å². The Morgan fingerprint density at radius 2 is 1.61 bits per heavy atom. The third-order valence-electron chi connectivity index (χ3n) is 7.08. The van der Waals surface area contributed by atoms with Crippen molar-refractivity contribution in [1.29, 1.82) is 0 Å². The van der Waals surface area contributed by atoms with Gasteiger partial charge in [-0.15, -0.1) is 5.10 Å². The SMILES string of the molecule is CN1CCC(N2CCN(C(c3ccc(F)cc3)c3nnnn3Cc3ccccc3)CC2)CC1. The highest BCUT2D eigenvalue weighted by Gasteiger charge is 2.33. The van der Waals surface area contributed by atoms with E-state index in [1.165, 1.54) is 38.1 Å². The average Bonchev–Trinajstić information content (AvgIpc) is 3.30. The summed E-state index contributed by atoms with van der Waals surface area (Å²) in [6.45, 7) is 6.91. The van der Waals surface area contributed by atoms with Crippen LogP contribution in [0.1, 0.15) is 35.8 Å². The van der Waals surface area contributed by atoms with Crippen LogP contribution in [0.3, 0.4) is 0 Å². The number of piperazine rings is 1. The van der Waals surface area contributed by atoms with E-state index in [1.807, 2.05) is 35.0 Å². The van der Waals surface area contributed by atoms with Gasteiger partial charge in [0.2, 0.25) is 0 Å². The molecule has 5 rings (SSSR count). The number of benzene rings is 2. The fraction of sp³-hybridized carbons (Fsp3) is 0.480. The van der Waals surface area contributed by atoms with Crippen molar-refractivity contribution < 1.29 is 4.39 Å². The summed E-state index contributed by atoms with van der Waals surface area (Å²) in [7, 11) is 2.21. The van der Waals surface area contributed by atoms with Crippen molar-refractivity contribution in [2.75, 3.05) is 46.3 Å². The van der Waals surface area contributed by atoms with Gasteiger partial charge in [-0.05, 0) is 66.7 Å². The molecule has 3 heterocycles. The summed E-state index contributed by atoms with van der Waals surface area (Å²) in [6, 6.07) is 17.6. The third kappa shape index (κ3) is 5.13. The molecule has 33 heavy (non-hydrogen) atoms. The normalized spacial score (nSPS) is 20.2. The minimum Gasteiger partial charge on any atom is -0.306 e. The molecule has 2 saturated heterocycles. The number of hydrogen-bond donors (Lipinski definition) is 0. The Kier molecular flexibility index (Phi) is 6.75. The lowest BCUT2D eigenvalue weighted by atomic mass is 10.0. The molecule has 0 bridgehead atoms.